The zero-order valence-electron chi connectivity index (χ0n) is 11.8. The molecule has 7 heteroatoms. The number of benzene rings is 1. The minimum Gasteiger partial charge on any atom is -0.383 e. The molecule has 2 aromatic rings. The van der Waals surface area contributed by atoms with Crippen LogP contribution in [0.5, 0.6) is 0 Å². The third-order valence-electron chi connectivity index (χ3n) is 3.03. The molecule has 0 spiro atoms. The quantitative estimate of drug-likeness (QED) is 0.808. The minimum atomic E-state index is -4.63. The minimum absolute atomic E-state index is 0.00262. The lowest BCUT2D eigenvalue weighted by Gasteiger charge is -2.22. The summed E-state index contributed by atoms with van der Waals surface area (Å²) in [4.78, 5) is 4.02. The Labute approximate surface area is 119 Å². The highest BCUT2D eigenvalue weighted by Gasteiger charge is 2.32. The van der Waals surface area contributed by atoms with Gasteiger partial charge in [-0.2, -0.15) is 13.2 Å². The van der Waals surface area contributed by atoms with Gasteiger partial charge >= 0.3 is 6.18 Å². The molecule has 21 heavy (non-hydrogen) atoms. The smallest absolute Gasteiger partial charge is 0.383 e. The van der Waals surface area contributed by atoms with E-state index in [1.165, 1.54) is 6.33 Å². The monoisotopic (exact) mass is 301 g/mol. The van der Waals surface area contributed by atoms with E-state index in [9.17, 15) is 17.6 Å². The number of nitrogen functional groups attached to an aromatic ring is 1. The van der Waals surface area contributed by atoms with Gasteiger partial charge in [-0.25, -0.2) is 9.37 Å². The summed E-state index contributed by atoms with van der Waals surface area (Å²) < 4.78 is 53.3. The number of halogens is 4. The van der Waals surface area contributed by atoms with E-state index in [-0.39, 0.29) is 22.6 Å². The molecule has 0 saturated heterocycles. The van der Waals surface area contributed by atoms with Gasteiger partial charge in [-0.3, -0.25) is 0 Å². The van der Waals surface area contributed by atoms with Gasteiger partial charge in [0.05, 0.1) is 11.9 Å². The van der Waals surface area contributed by atoms with Crippen LogP contribution in [0.15, 0.2) is 24.5 Å². The van der Waals surface area contributed by atoms with E-state index >= 15 is 0 Å². The third kappa shape index (κ3) is 3.01. The highest BCUT2D eigenvalue weighted by atomic mass is 19.4. The largest absolute Gasteiger partial charge is 0.416 e. The molecule has 0 amide bonds. The van der Waals surface area contributed by atoms with Gasteiger partial charge in [0, 0.05) is 11.1 Å². The molecule has 0 bridgehead atoms. The van der Waals surface area contributed by atoms with Crippen molar-refractivity contribution in [3.63, 3.8) is 0 Å². The number of imidazole rings is 1. The van der Waals surface area contributed by atoms with Crippen LogP contribution in [0, 0.1) is 5.82 Å². The molecule has 0 radical (unpaired) electrons. The number of aromatic nitrogens is 2. The van der Waals surface area contributed by atoms with E-state index in [4.69, 9.17) is 5.73 Å². The number of rotatable bonds is 1. The average Bonchev–Trinajstić information content (AvgIpc) is 2.68. The van der Waals surface area contributed by atoms with E-state index in [1.54, 1.807) is 4.57 Å². The van der Waals surface area contributed by atoms with Crippen molar-refractivity contribution < 1.29 is 17.6 Å². The van der Waals surface area contributed by atoms with Crippen molar-refractivity contribution in [3.05, 3.63) is 35.9 Å². The lowest BCUT2D eigenvalue weighted by molar-refractivity contribution is -0.137. The number of alkyl halides is 3. The zero-order valence-corrected chi connectivity index (χ0v) is 11.8. The number of hydrogen-bond acceptors (Lipinski definition) is 2. The van der Waals surface area contributed by atoms with Crippen LogP contribution >= 0.6 is 0 Å². The van der Waals surface area contributed by atoms with Crippen molar-refractivity contribution in [2.75, 3.05) is 5.73 Å². The number of hydrogen-bond donors (Lipinski definition) is 1. The molecule has 0 saturated carbocycles. The Morgan fingerprint density at radius 1 is 1.10 bits per heavy atom. The summed E-state index contributed by atoms with van der Waals surface area (Å²) in [6.45, 7) is 5.63. The molecule has 2 rings (SSSR count). The predicted octanol–water partition coefficient (Wildman–Crippen LogP) is 4.05. The van der Waals surface area contributed by atoms with Gasteiger partial charge < -0.3 is 10.3 Å². The summed E-state index contributed by atoms with van der Waals surface area (Å²) in [6.07, 6.45) is -3.19. The van der Waals surface area contributed by atoms with Gasteiger partial charge in [0.1, 0.15) is 17.3 Å². The van der Waals surface area contributed by atoms with E-state index < -0.39 is 17.6 Å². The maximum atomic E-state index is 13.4. The molecule has 3 nitrogen and oxygen atoms in total. The predicted molar refractivity (Wildman–Crippen MR) is 72.0 cm³/mol. The van der Waals surface area contributed by atoms with Crippen molar-refractivity contribution in [3.8, 4) is 11.3 Å². The molecule has 1 aromatic carbocycles. The first-order valence-corrected chi connectivity index (χ1v) is 6.21. The van der Waals surface area contributed by atoms with Crippen LogP contribution in [0.1, 0.15) is 26.3 Å². The Hall–Kier alpha value is -2.05. The summed E-state index contributed by atoms with van der Waals surface area (Å²) >= 11 is 0. The molecule has 114 valence electrons. The summed E-state index contributed by atoms with van der Waals surface area (Å²) in [5, 5.41) is 0. The molecule has 0 unspecified atom stereocenters. The molecule has 0 aliphatic rings. The molecule has 0 aliphatic heterocycles. The maximum absolute atomic E-state index is 13.4. The first-order chi connectivity index (χ1) is 9.50. The molecule has 1 aromatic heterocycles. The van der Waals surface area contributed by atoms with Crippen molar-refractivity contribution in [2.24, 2.45) is 0 Å². The SMILES string of the molecule is CC(C)(C)n1cnc(-c2cc(F)cc(C(F)(F)F)c2)c1N. The van der Waals surface area contributed by atoms with E-state index in [1.807, 2.05) is 20.8 Å². The topological polar surface area (TPSA) is 43.8 Å². The molecular formula is C14H15F4N3. The average molecular weight is 301 g/mol. The molecule has 1 heterocycles. The molecular weight excluding hydrogens is 286 g/mol. The van der Waals surface area contributed by atoms with Gasteiger partial charge in [-0.15, -0.1) is 0 Å². The third-order valence-corrected chi connectivity index (χ3v) is 3.03. The second-order valence-corrected chi connectivity index (χ2v) is 5.75. The Balaban J connectivity index is 2.58. The van der Waals surface area contributed by atoms with E-state index in [0.717, 1.165) is 12.1 Å². The summed E-state index contributed by atoms with van der Waals surface area (Å²) in [7, 11) is 0. The molecule has 0 atom stereocenters. The maximum Gasteiger partial charge on any atom is 0.416 e. The number of nitrogens with two attached hydrogens (primary N) is 1. The van der Waals surface area contributed by atoms with Gasteiger partial charge in [-0.1, -0.05) is 0 Å². The van der Waals surface area contributed by atoms with Crippen LogP contribution in [-0.4, -0.2) is 9.55 Å². The molecule has 0 aliphatic carbocycles. The summed E-state index contributed by atoms with van der Waals surface area (Å²) in [5.74, 6) is -0.786. The van der Waals surface area contributed by atoms with Crippen LogP contribution in [0.3, 0.4) is 0 Å². The zero-order chi connectivity index (χ0) is 16.0. The fraction of sp³-hybridized carbons (Fsp3) is 0.357. The highest BCUT2D eigenvalue weighted by molar-refractivity contribution is 5.71. The second kappa shape index (κ2) is 4.75. The fourth-order valence-electron chi connectivity index (χ4n) is 2.00. The van der Waals surface area contributed by atoms with Crippen LogP contribution in [0.25, 0.3) is 11.3 Å². The Kier molecular flexibility index (Phi) is 3.47. The van der Waals surface area contributed by atoms with Crippen LogP contribution in [-0.2, 0) is 11.7 Å². The van der Waals surface area contributed by atoms with Crippen molar-refractivity contribution in [1.29, 1.82) is 0 Å². The van der Waals surface area contributed by atoms with Crippen molar-refractivity contribution in [2.45, 2.75) is 32.5 Å². The standard InChI is InChI=1S/C14H15F4N3/c1-13(2,3)21-7-20-11(12(21)19)8-4-9(14(16,17)18)6-10(15)5-8/h4-7H,19H2,1-3H3. The van der Waals surface area contributed by atoms with E-state index in [0.29, 0.717) is 6.07 Å². The van der Waals surface area contributed by atoms with Gasteiger partial charge in [-0.05, 0) is 39.0 Å². The van der Waals surface area contributed by atoms with Gasteiger partial charge in [0.2, 0.25) is 0 Å². The number of nitrogens with zero attached hydrogens (tertiary/aromatic N) is 2. The van der Waals surface area contributed by atoms with Crippen molar-refractivity contribution >= 4 is 5.82 Å². The summed E-state index contributed by atoms with van der Waals surface area (Å²) in [5.41, 5.74) is 4.62. The Morgan fingerprint density at radius 3 is 2.19 bits per heavy atom. The van der Waals surface area contributed by atoms with Gasteiger partial charge in [0.15, 0.2) is 0 Å². The first kappa shape index (κ1) is 15.3. The molecule has 0 fully saturated rings. The lowest BCUT2D eigenvalue weighted by atomic mass is 10.1. The van der Waals surface area contributed by atoms with Gasteiger partial charge in [0.25, 0.3) is 0 Å². The Bertz CT molecular complexity index is 666. The van der Waals surface area contributed by atoms with Crippen molar-refractivity contribution in [1.82, 2.24) is 9.55 Å². The Morgan fingerprint density at radius 2 is 1.71 bits per heavy atom. The normalized spacial score (nSPS) is 12.7. The van der Waals surface area contributed by atoms with Crippen LogP contribution < -0.4 is 5.73 Å². The fourth-order valence-corrected chi connectivity index (χ4v) is 2.00. The molecule has 2 N–H and O–H groups in total. The van der Waals surface area contributed by atoms with Crippen LogP contribution in [0.2, 0.25) is 0 Å². The number of anilines is 1. The lowest BCUT2D eigenvalue weighted by Crippen LogP contribution is -2.22. The summed E-state index contributed by atoms with van der Waals surface area (Å²) in [6, 6.07) is 2.27. The van der Waals surface area contributed by atoms with Crippen LogP contribution in [0.4, 0.5) is 23.4 Å². The highest BCUT2D eigenvalue weighted by Crippen LogP contribution is 2.35. The van der Waals surface area contributed by atoms with E-state index in [2.05, 4.69) is 4.98 Å². The first-order valence-electron chi connectivity index (χ1n) is 6.21. The second-order valence-electron chi connectivity index (χ2n) is 5.75.